The minimum absolute atomic E-state index is 0.192. The molecule has 0 heterocycles. The lowest BCUT2D eigenvalue weighted by Crippen LogP contribution is -2.47. The summed E-state index contributed by atoms with van der Waals surface area (Å²) in [6.07, 6.45) is 1.95. The molecule has 3 aromatic carbocycles. The highest BCUT2D eigenvalue weighted by Crippen LogP contribution is 2.40. The Balaban J connectivity index is 1.39. The topological polar surface area (TPSA) is 117 Å². The molecule has 1 amide bonds. The third-order valence-corrected chi connectivity index (χ3v) is 8.43. The normalized spacial score (nSPS) is 19.6. The van der Waals surface area contributed by atoms with Crippen molar-refractivity contribution < 1.29 is 23.1 Å². The maximum absolute atomic E-state index is 12.4. The summed E-state index contributed by atoms with van der Waals surface area (Å²) in [6.45, 7) is 0.955. The van der Waals surface area contributed by atoms with Crippen LogP contribution in [0.2, 0.25) is 0 Å². The van der Waals surface area contributed by atoms with Gasteiger partial charge in [-0.2, -0.15) is 0 Å². The molecular formula is C29H35N3O5S. The summed E-state index contributed by atoms with van der Waals surface area (Å²) < 4.78 is 32.9. The molecule has 3 aromatic rings. The molecular weight excluding hydrogens is 502 g/mol. The van der Waals surface area contributed by atoms with E-state index in [-0.39, 0.29) is 6.54 Å². The van der Waals surface area contributed by atoms with Crippen LogP contribution in [0, 0.1) is 0 Å². The lowest BCUT2D eigenvalue weighted by atomic mass is 9.68. The Bertz CT molecular complexity index is 1310. The number of hydrogen-bond acceptors (Lipinski definition) is 5. The third kappa shape index (κ3) is 7.34. The van der Waals surface area contributed by atoms with Crippen LogP contribution >= 0.6 is 0 Å². The number of benzene rings is 3. The maximum Gasteiger partial charge on any atom is 0.405 e. The highest BCUT2D eigenvalue weighted by Gasteiger charge is 2.38. The molecule has 1 aliphatic carbocycles. The van der Waals surface area contributed by atoms with Crippen LogP contribution < -0.4 is 20.1 Å². The number of amides is 1. The van der Waals surface area contributed by atoms with E-state index in [1.165, 1.54) is 16.7 Å². The molecule has 0 unspecified atom stereocenters. The Labute approximate surface area is 224 Å². The van der Waals surface area contributed by atoms with Gasteiger partial charge in [0, 0.05) is 24.5 Å². The molecule has 8 nitrogen and oxygen atoms in total. The molecule has 0 aromatic heterocycles. The van der Waals surface area contributed by atoms with Crippen molar-refractivity contribution in [2.75, 3.05) is 19.5 Å². The van der Waals surface area contributed by atoms with E-state index in [9.17, 15) is 13.2 Å². The quantitative estimate of drug-likeness (QED) is 0.287. The van der Waals surface area contributed by atoms with Gasteiger partial charge in [-0.1, -0.05) is 66.7 Å². The average molecular weight is 538 g/mol. The molecule has 4 rings (SSSR count). The standard InChI is InChI=1S/C29H35N3O5S/c1-37-27-9-5-8-25(18-27)29(20-32-38(35,36)21-31-28(33)34)16-14-26(15-17-29)30-19-22-10-12-24(13-11-22)23-6-3-2-4-7-23/h2-13,18,26,30-32H,14-17,19-21H2,1H3,(H,33,34)/t26-,29-. The SMILES string of the molecule is COc1cccc([C@]2(CNS(=O)(=O)CNC(=O)O)CC[C@@H](NCc3ccc(-c4ccccc4)cc3)CC2)c1. The summed E-state index contributed by atoms with van der Waals surface area (Å²) in [5.74, 6) is 0.0421. The van der Waals surface area contributed by atoms with E-state index in [1.807, 2.05) is 47.8 Å². The van der Waals surface area contributed by atoms with Crippen LogP contribution in [0.5, 0.6) is 5.75 Å². The minimum atomic E-state index is -3.81. The first-order chi connectivity index (χ1) is 18.3. The Hall–Kier alpha value is -3.40. The molecule has 4 N–H and O–H groups in total. The fourth-order valence-electron chi connectivity index (χ4n) is 5.06. The van der Waals surface area contributed by atoms with Crippen molar-refractivity contribution in [1.29, 1.82) is 0 Å². The van der Waals surface area contributed by atoms with Crippen molar-refractivity contribution in [3.8, 4) is 16.9 Å². The summed E-state index contributed by atoms with van der Waals surface area (Å²) in [5, 5.41) is 14.4. The number of sulfonamides is 1. The second-order valence-corrected chi connectivity index (χ2v) is 11.6. The van der Waals surface area contributed by atoms with Gasteiger partial charge >= 0.3 is 6.09 Å². The van der Waals surface area contributed by atoms with E-state index in [1.54, 1.807) is 7.11 Å². The van der Waals surface area contributed by atoms with Gasteiger partial charge in [-0.15, -0.1) is 0 Å². The van der Waals surface area contributed by atoms with Gasteiger partial charge in [-0.05, 0) is 60.1 Å². The minimum Gasteiger partial charge on any atom is -0.497 e. The molecule has 0 spiro atoms. The van der Waals surface area contributed by atoms with Crippen molar-refractivity contribution in [3.63, 3.8) is 0 Å². The first-order valence-electron chi connectivity index (χ1n) is 12.7. The lowest BCUT2D eigenvalue weighted by molar-refractivity contribution is 0.196. The number of nitrogens with one attached hydrogen (secondary N) is 3. The van der Waals surface area contributed by atoms with Gasteiger partial charge in [0.15, 0.2) is 0 Å². The van der Waals surface area contributed by atoms with E-state index in [4.69, 9.17) is 9.84 Å². The van der Waals surface area contributed by atoms with Crippen LogP contribution in [-0.2, 0) is 22.0 Å². The number of methoxy groups -OCH3 is 1. The molecule has 1 aliphatic rings. The fraction of sp³-hybridized carbons (Fsp3) is 0.345. The van der Waals surface area contributed by atoms with E-state index < -0.39 is 27.4 Å². The monoisotopic (exact) mass is 537 g/mol. The summed E-state index contributed by atoms with van der Waals surface area (Å²) in [6, 6.07) is 27.0. The van der Waals surface area contributed by atoms with Crippen molar-refractivity contribution in [3.05, 3.63) is 90.0 Å². The van der Waals surface area contributed by atoms with Crippen LogP contribution in [0.15, 0.2) is 78.9 Å². The highest BCUT2D eigenvalue weighted by molar-refractivity contribution is 7.89. The second-order valence-electron chi connectivity index (χ2n) is 9.79. The molecule has 1 fully saturated rings. The van der Waals surface area contributed by atoms with Crippen molar-refractivity contribution in [1.82, 2.24) is 15.4 Å². The number of ether oxygens (including phenoxy) is 1. The van der Waals surface area contributed by atoms with Gasteiger partial charge in [0.1, 0.15) is 11.6 Å². The number of rotatable bonds is 11. The first kappa shape index (κ1) is 27.6. The van der Waals surface area contributed by atoms with Crippen LogP contribution in [0.4, 0.5) is 4.79 Å². The zero-order valence-corrected chi connectivity index (χ0v) is 22.3. The summed E-state index contributed by atoms with van der Waals surface area (Å²) >= 11 is 0. The van der Waals surface area contributed by atoms with Gasteiger partial charge in [-0.3, -0.25) is 0 Å². The van der Waals surface area contributed by atoms with Crippen molar-refractivity contribution in [2.45, 2.75) is 43.7 Å². The molecule has 0 radical (unpaired) electrons. The van der Waals surface area contributed by atoms with Gasteiger partial charge < -0.3 is 20.5 Å². The maximum atomic E-state index is 12.4. The molecule has 38 heavy (non-hydrogen) atoms. The Morgan fingerprint density at radius 1 is 0.974 bits per heavy atom. The highest BCUT2D eigenvalue weighted by atomic mass is 32.2. The average Bonchev–Trinajstić information content (AvgIpc) is 2.95. The predicted octanol–water partition coefficient (Wildman–Crippen LogP) is 4.48. The number of hydrogen-bond donors (Lipinski definition) is 4. The van der Waals surface area contributed by atoms with Gasteiger partial charge in [0.25, 0.3) is 0 Å². The van der Waals surface area contributed by atoms with E-state index in [2.05, 4.69) is 46.4 Å². The van der Waals surface area contributed by atoms with Crippen LogP contribution in [0.3, 0.4) is 0 Å². The number of carbonyl (C=O) groups is 1. The third-order valence-electron chi connectivity index (χ3n) is 7.32. The molecule has 0 bridgehead atoms. The molecule has 1 saturated carbocycles. The van der Waals surface area contributed by atoms with Crippen LogP contribution in [-0.4, -0.2) is 45.2 Å². The second kappa shape index (κ2) is 12.4. The predicted molar refractivity (Wildman–Crippen MR) is 149 cm³/mol. The zero-order valence-electron chi connectivity index (χ0n) is 21.5. The van der Waals surface area contributed by atoms with Gasteiger partial charge in [-0.25, -0.2) is 17.9 Å². The van der Waals surface area contributed by atoms with E-state index in [0.717, 1.165) is 43.5 Å². The largest absolute Gasteiger partial charge is 0.497 e. The Kier molecular flexibility index (Phi) is 9.04. The van der Waals surface area contributed by atoms with Crippen molar-refractivity contribution >= 4 is 16.1 Å². The summed E-state index contributed by atoms with van der Waals surface area (Å²) in [7, 11) is -2.20. The smallest absolute Gasteiger partial charge is 0.405 e. The van der Waals surface area contributed by atoms with E-state index >= 15 is 0 Å². The van der Waals surface area contributed by atoms with Crippen molar-refractivity contribution in [2.24, 2.45) is 0 Å². The fourth-order valence-corrected chi connectivity index (χ4v) is 5.97. The van der Waals surface area contributed by atoms with E-state index in [0.29, 0.717) is 6.04 Å². The number of carboxylic acid groups (broad SMARTS) is 1. The molecule has 9 heteroatoms. The first-order valence-corrected chi connectivity index (χ1v) is 14.4. The van der Waals surface area contributed by atoms with Gasteiger partial charge in [0.05, 0.1) is 7.11 Å². The molecule has 202 valence electrons. The summed E-state index contributed by atoms with van der Waals surface area (Å²) in [5.41, 5.74) is 4.20. The molecule has 0 saturated heterocycles. The Morgan fingerprint density at radius 3 is 2.32 bits per heavy atom. The molecule has 0 aliphatic heterocycles. The van der Waals surface area contributed by atoms with Gasteiger partial charge in [0.2, 0.25) is 10.0 Å². The lowest BCUT2D eigenvalue weighted by Gasteiger charge is -2.41. The summed E-state index contributed by atoms with van der Waals surface area (Å²) in [4.78, 5) is 10.8. The molecule has 0 atom stereocenters. The Morgan fingerprint density at radius 2 is 1.66 bits per heavy atom. The zero-order chi connectivity index (χ0) is 27.0. The van der Waals surface area contributed by atoms with Crippen LogP contribution in [0.25, 0.3) is 11.1 Å². The van der Waals surface area contributed by atoms with Crippen LogP contribution in [0.1, 0.15) is 36.8 Å².